The number of rotatable bonds is 4. The lowest BCUT2D eigenvalue weighted by atomic mass is 9.93. The monoisotopic (exact) mass is 410 g/mol. The molecule has 0 saturated heterocycles. The number of hydrogen-bond donors (Lipinski definition) is 0. The lowest BCUT2D eigenvalue weighted by Gasteiger charge is -2.37. The van der Waals surface area contributed by atoms with Gasteiger partial charge >= 0.3 is 0 Å². The van der Waals surface area contributed by atoms with E-state index in [0.29, 0.717) is 0 Å². The number of hydrogen-bond acceptors (Lipinski definition) is 1. The molecule has 0 fully saturated rings. The Balaban J connectivity index is 2.25. The van der Waals surface area contributed by atoms with Gasteiger partial charge in [-0.2, -0.15) is 0 Å². The Morgan fingerprint density at radius 1 is 0.619 bits per heavy atom. The molecule has 0 atom stereocenters. The fourth-order valence-electron chi connectivity index (χ4n) is 2.46. The molecule has 0 aliphatic carbocycles. The van der Waals surface area contributed by atoms with Crippen molar-refractivity contribution in [2.24, 2.45) is 0 Å². The summed E-state index contributed by atoms with van der Waals surface area (Å²) in [5.74, 6) is 0. The van der Waals surface area contributed by atoms with Crippen molar-refractivity contribution in [2.45, 2.75) is 38.9 Å². The highest BCUT2D eigenvalue weighted by atomic mass is 79.9. The summed E-state index contributed by atoms with van der Waals surface area (Å²) < 4.78 is 8.60. The van der Waals surface area contributed by atoms with Crippen LogP contribution in [0.3, 0.4) is 0 Å². The molecular formula is C18H20Br2O. The van der Waals surface area contributed by atoms with Gasteiger partial charge in [0.2, 0.25) is 0 Å². The van der Waals surface area contributed by atoms with E-state index in [1.807, 2.05) is 24.3 Å². The van der Waals surface area contributed by atoms with E-state index in [9.17, 15) is 0 Å². The summed E-state index contributed by atoms with van der Waals surface area (Å²) >= 11 is 6.94. The first-order valence-corrected chi connectivity index (χ1v) is 8.51. The molecule has 0 unspecified atom stereocenters. The minimum atomic E-state index is -0.364. The van der Waals surface area contributed by atoms with Crippen molar-refractivity contribution in [3.63, 3.8) is 0 Å². The fourth-order valence-corrected chi connectivity index (χ4v) is 2.99. The predicted octanol–water partition coefficient (Wildman–Crippen LogP) is 6.40. The van der Waals surface area contributed by atoms with Crippen LogP contribution >= 0.6 is 31.9 Å². The normalized spacial score (nSPS) is 12.5. The second-order valence-electron chi connectivity index (χ2n) is 6.14. The Bertz CT molecular complexity index is 543. The molecule has 0 aliphatic rings. The number of benzene rings is 2. The predicted molar refractivity (Wildman–Crippen MR) is 95.4 cm³/mol. The van der Waals surface area contributed by atoms with Crippen LogP contribution in [-0.2, 0) is 15.9 Å². The van der Waals surface area contributed by atoms with Crippen LogP contribution in [0.5, 0.6) is 0 Å². The molecule has 2 rings (SSSR count). The first-order valence-electron chi connectivity index (χ1n) is 6.93. The van der Waals surface area contributed by atoms with Gasteiger partial charge in [-0.3, -0.25) is 0 Å². The third kappa shape index (κ3) is 4.18. The van der Waals surface area contributed by atoms with Gasteiger partial charge in [0.15, 0.2) is 0 Å². The second kappa shape index (κ2) is 6.23. The van der Waals surface area contributed by atoms with Gasteiger partial charge in [-0.1, -0.05) is 56.1 Å². The van der Waals surface area contributed by atoms with E-state index in [-0.39, 0.29) is 11.2 Å². The van der Waals surface area contributed by atoms with Crippen LogP contribution in [0.2, 0.25) is 0 Å². The molecule has 2 aromatic carbocycles. The van der Waals surface area contributed by atoms with Crippen LogP contribution in [0, 0.1) is 0 Å². The minimum Gasteiger partial charge on any atom is -0.360 e. The molecule has 1 nitrogen and oxygen atoms in total. The molecular weight excluding hydrogens is 392 g/mol. The molecule has 0 spiro atoms. The summed E-state index contributed by atoms with van der Waals surface area (Å²) in [5.41, 5.74) is 1.60. The zero-order valence-electron chi connectivity index (χ0n) is 12.8. The summed E-state index contributed by atoms with van der Waals surface area (Å²) in [6, 6.07) is 16.6. The van der Waals surface area contributed by atoms with Crippen molar-refractivity contribution in [1.82, 2.24) is 0 Å². The van der Waals surface area contributed by atoms with Gasteiger partial charge in [0, 0.05) is 8.95 Å². The van der Waals surface area contributed by atoms with Gasteiger partial charge < -0.3 is 4.74 Å². The van der Waals surface area contributed by atoms with Crippen LogP contribution in [0.15, 0.2) is 57.5 Å². The molecule has 0 amide bonds. The van der Waals surface area contributed by atoms with E-state index in [0.717, 1.165) is 20.1 Å². The average Bonchev–Trinajstić information content (AvgIpc) is 2.38. The molecule has 3 heteroatoms. The summed E-state index contributed by atoms with van der Waals surface area (Å²) in [5, 5.41) is 0. The standard InChI is InChI=1S/C18H20Br2O/c1-17(2,13-5-9-15(19)10-6-13)21-18(3,4)14-7-11-16(20)12-8-14/h5-12H,1-4H3. The van der Waals surface area contributed by atoms with Gasteiger partial charge in [0.25, 0.3) is 0 Å². The maximum absolute atomic E-state index is 6.45. The van der Waals surface area contributed by atoms with E-state index in [1.54, 1.807) is 0 Å². The summed E-state index contributed by atoms with van der Waals surface area (Å²) in [4.78, 5) is 0. The van der Waals surface area contributed by atoms with Gasteiger partial charge in [-0.15, -0.1) is 0 Å². The van der Waals surface area contributed by atoms with Crippen molar-refractivity contribution < 1.29 is 4.74 Å². The van der Waals surface area contributed by atoms with Crippen LogP contribution in [0.4, 0.5) is 0 Å². The third-order valence-electron chi connectivity index (χ3n) is 3.59. The summed E-state index contributed by atoms with van der Waals surface area (Å²) in [6.07, 6.45) is 0. The van der Waals surface area contributed by atoms with Gasteiger partial charge in [-0.05, 0) is 63.1 Å². The largest absolute Gasteiger partial charge is 0.360 e. The van der Waals surface area contributed by atoms with Crippen LogP contribution in [0.25, 0.3) is 0 Å². The molecule has 21 heavy (non-hydrogen) atoms. The van der Waals surface area contributed by atoms with Crippen molar-refractivity contribution in [2.75, 3.05) is 0 Å². The summed E-state index contributed by atoms with van der Waals surface area (Å²) in [7, 11) is 0. The van der Waals surface area contributed by atoms with E-state index < -0.39 is 0 Å². The van der Waals surface area contributed by atoms with E-state index >= 15 is 0 Å². The van der Waals surface area contributed by atoms with E-state index in [4.69, 9.17) is 4.74 Å². The Morgan fingerprint density at radius 3 is 1.19 bits per heavy atom. The number of halogens is 2. The molecule has 0 aliphatic heterocycles. The smallest absolute Gasteiger partial charge is 0.0887 e. The SMILES string of the molecule is CC(C)(OC(C)(C)c1ccc(Br)cc1)c1ccc(Br)cc1. The maximum atomic E-state index is 6.45. The average molecular weight is 412 g/mol. The van der Waals surface area contributed by atoms with Crippen molar-refractivity contribution in [1.29, 1.82) is 0 Å². The Labute approximate surface area is 144 Å². The lowest BCUT2D eigenvalue weighted by molar-refractivity contribution is -0.132. The minimum absolute atomic E-state index is 0.364. The zero-order chi connectivity index (χ0) is 15.7. The Kier molecular flexibility index (Phi) is 4.96. The highest BCUT2D eigenvalue weighted by Crippen LogP contribution is 2.36. The van der Waals surface area contributed by atoms with E-state index in [1.165, 1.54) is 0 Å². The Hall–Kier alpha value is -0.640. The Morgan fingerprint density at radius 2 is 0.905 bits per heavy atom. The summed E-state index contributed by atoms with van der Waals surface area (Å²) in [6.45, 7) is 8.43. The second-order valence-corrected chi connectivity index (χ2v) is 7.97. The topological polar surface area (TPSA) is 9.23 Å². The van der Waals surface area contributed by atoms with Crippen LogP contribution in [-0.4, -0.2) is 0 Å². The molecule has 0 radical (unpaired) electrons. The van der Waals surface area contributed by atoms with Gasteiger partial charge in [0.05, 0.1) is 11.2 Å². The highest BCUT2D eigenvalue weighted by Gasteiger charge is 2.31. The molecule has 0 N–H and O–H groups in total. The molecule has 0 aromatic heterocycles. The molecule has 0 bridgehead atoms. The van der Waals surface area contributed by atoms with Crippen molar-refractivity contribution in [3.8, 4) is 0 Å². The van der Waals surface area contributed by atoms with Gasteiger partial charge in [-0.25, -0.2) is 0 Å². The molecule has 0 saturated carbocycles. The van der Waals surface area contributed by atoms with E-state index in [2.05, 4.69) is 83.8 Å². The molecule has 0 heterocycles. The molecule has 112 valence electrons. The van der Waals surface area contributed by atoms with Gasteiger partial charge in [0.1, 0.15) is 0 Å². The quantitative estimate of drug-likeness (QED) is 0.565. The molecule has 2 aromatic rings. The fraction of sp³-hybridized carbons (Fsp3) is 0.333. The lowest BCUT2D eigenvalue weighted by Crippen LogP contribution is -2.33. The zero-order valence-corrected chi connectivity index (χ0v) is 16.0. The maximum Gasteiger partial charge on any atom is 0.0887 e. The van der Waals surface area contributed by atoms with Crippen LogP contribution < -0.4 is 0 Å². The van der Waals surface area contributed by atoms with Crippen LogP contribution in [0.1, 0.15) is 38.8 Å². The first-order chi connectivity index (χ1) is 9.71. The van der Waals surface area contributed by atoms with Crippen molar-refractivity contribution in [3.05, 3.63) is 68.6 Å². The number of ether oxygens (including phenoxy) is 1. The third-order valence-corrected chi connectivity index (χ3v) is 4.65. The highest BCUT2D eigenvalue weighted by molar-refractivity contribution is 9.10. The van der Waals surface area contributed by atoms with Crippen molar-refractivity contribution >= 4 is 31.9 Å². The first kappa shape index (κ1) is 16.7.